The van der Waals surface area contributed by atoms with Gasteiger partial charge in [0.1, 0.15) is 17.3 Å². The van der Waals surface area contributed by atoms with Crippen molar-refractivity contribution in [3.63, 3.8) is 0 Å². The number of rotatable bonds is 6. The first kappa shape index (κ1) is 23.7. The van der Waals surface area contributed by atoms with Gasteiger partial charge in [0.15, 0.2) is 0 Å². The topological polar surface area (TPSA) is 91.1 Å². The predicted molar refractivity (Wildman–Crippen MR) is 140 cm³/mol. The molecule has 6 nitrogen and oxygen atoms in total. The molecule has 0 atom stereocenters. The number of aromatic amines is 1. The van der Waals surface area contributed by atoms with E-state index in [9.17, 15) is 22.0 Å². The van der Waals surface area contributed by atoms with Gasteiger partial charge in [-0.1, -0.05) is 12.1 Å². The van der Waals surface area contributed by atoms with Crippen molar-refractivity contribution < 1.29 is 22.0 Å². The Hall–Kier alpha value is -4.02. The van der Waals surface area contributed by atoms with Crippen LogP contribution >= 0.6 is 11.3 Å². The fourth-order valence-electron chi connectivity index (χ4n) is 3.89. The molecule has 0 aliphatic carbocycles. The molecule has 0 radical (unpaired) electrons. The average molecular weight is 524 g/mol. The van der Waals surface area contributed by atoms with Crippen LogP contribution in [-0.2, 0) is 10.0 Å². The van der Waals surface area contributed by atoms with Gasteiger partial charge in [0, 0.05) is 33.1 Å². The smallest absolute Gasteiger partial charge is 0.272 e. The first-order valence-electron chi connectivity index (χ1n) is 10.7. The molecule has 5 aromatic rings. The minimum absolute atomic E-state index is 0.210. The van der Waals surface area contributed by atoms with Gasteiger partial charge in [0.2, 0.25) is 10.0 Å². The first-order chi connectivity index (χ1) is 17.1. The van der Waals surface area contributed by atoms with E-state index in [0.717, 1.165) is 28.1 Å². The number of hydrogen-bond donors (Lipinski definition) is 3. The van der Waals surface area contributed by atoms with Crippen molar-refractivity contribution in [2.45, 2.75) is 0 Å². The van der Waals surface area contributed by atoms with Crippen molar-refractivity contribution in [2.75, 3.05) is 16.3 Å². The second-order valence-corrected chi connectivity index (χ2v) is 10.9. The Labute approximate surface area is 209 Å². The molecule has 0 bridgehead atoms. The summed E-state index contributed by atoms with van der Waals surface area (Å²) in [4.78, 5) is 17.0. The summed E-state index contributed by atoms with van der Waals surface area (Å²) in [5.41, 5.74) is 3.11. The molecule has 2 heterocycles. The van der Waals surface area contributed by atoms with Crippen molar-refractivity contribution in [2.24, 2.45) is 0 Å². The maximum absolute atomic E-state index is 14.6. The van der Waals surface area contributed by atoms with Gasteiger partial charge < -0.3 is 10.3 Å². The van der Waals surface area contributed by atoms with Crippen LogP contribution in [0.1, 0.15) is 10.5 Å². The lowest BCUT2D eigenvalue weighted by molar-refractivity contribution is 0.102. The number of carbonyl (C=O) groups excluding carboxylic acids is 1. The van der Waals surface area contributed by atoms with Crippen molar-refractivity contribution in [1.29, 1.82) is 0 Å². The Balaban J connectivity index is 1.49. The Kier molecular flexibility index (Phi) is 6.07. The fourth-order valence-corrected chi connectivity index (χ4v) is 5.16. The van der Waals surface area contributed by atoms with Crippen molar-refractivity contribution in [1.82, 2.24) is 4.98 Å². The Morgan fingerprint density at radius 2 is 1.72 bits per heavy atom. The number of fused-ring (bicyclic) bond motifs is 1. The lowest BCUT2D eigenvalue weighted by atomic mass is 10.0. The molecule has 0 saturated carbocycles. The number of aromatic nitrogens is 1. The van der Waals surface area contributed by atoms with Gasteiger partial charge in [0.25, 0.3) is 5.91 Å². The van der Waals surface area contributed by atoms with Crippen LogP contribution in [0.15, 0.2) is 78.2 Å². The molecule has 5 rings (SSSR count). The molecule has 3 aromatic carbocycles. The van der Waals surface area contributed by atoms with E-state index in [4.69, 9.17) is 0 Å². The van der Waals surface area contributed by atoms with Crippen LogP contribution in [-0.4, -0.2) is 25.6 Å². The number of benzene rings is 3. The Morgan fingerprint density at radius 1 is 0.917 bits per heavy atom. The van der Waals surface area contributed by atoms with E-state index in [-0.39, 0.29) is 11.3 Å². The number of thiophene rings is 1. The third kappa shape index (κ3) is 5.14. The molecule has 0 aliphatic heterocycles. The number of H-pyrrole nitrogens is 1. The van der Waals surface area contributed by atoms with E-state index < -0.39 is 27.6 Å². The molecular formula is C26H19F2N3O3S2. The molecule has 1 amide bonds. The molecule has 0 unspecified atom stereocenters. The maximum Gasteiger partial charge on any atom is 0.272 e. The standard InChI is InChI=1S/C26H19F2N3O3S2/c1-36(33,34)31-19-6-4-15-12-24(30-23(15)14-19)26(32)29-20-10-16(21-7-5-18(27)13-22(21)28)9-17(11-20)25-3-2-8-35-25/h2-14,30-31H,1H3,(H,29,32). The van der Waals surface area contributed by atoms with E-state index >= 15 is 0 Å². The predicted octanol–water partition coefficient (Wildman–Crippen LogP) is 6.47. The van der Waals surface area contributed by atoms with Gasteiger partial charge >= 0.3 is 0 Å². The van der Waals surface area contributed by atoms with E-state index in [2.05, 4.69) is 15.0 Å². The second kappa shape index (κ2) is 9.21. The van der Waals surface area contributed by atoms with E-state index in [1.165, 1.54) is 23.5 Å². The van der Waals surface area contributed by atoms with E-state index in [1.807, 2.05) is 17.5 Å². The SMILES string of the molecule is CS(=O)(=O)Nc1ccc2cc(C(=O)Nc3cc(-c4cccs4)cc(-c4ccc(F)cc4F)c3)[nH]c2c1. The van der Waals surface area contributed by atoms with Crippen LogP contribution in [0.4, 0.5) is 20.2 Å². The minimum atomic E-state index is -3.44. The molecule has 0 spiro atoms. The summed E-state index contributed by atoms with van der Waals surface area (Å²) in [7, 11) is -3.44. The van der Waals surface area contributed by atoms with Crippen LogP contribution in [0.25, 0.3) is 32.5 Å². The largest absolute Gasteiger partial charge is 0.350 e. The van der Waals surface area contributed by atoms with Gasteiger partial charge in [-0.15, -0.1) is 11.3 Å². The highest BCUT2D eigenvalue weighted by atomic mass is 32.2. The zero-order valence-electron chi connectivity index (χ0n) is 18.8. The molecule has 3 N–H and O–H groups in total. The van der Waals surface area contributed by atoms with Crippen LogP contribution in [0.3, 0.4) is 0 Å². The fraction of sp³-hybridized carbons (Fsp3) is 0.0385. The van der Waals surface area contributed by atoms with Crippen molar-refractivity contribution in [3.05, 3.63) is 95.5 Å². The third-order valence-electron chi connectivity index (χ3n) is 5.41. The number of hydrogen-bond acceptors (Lipinski definition) is 4. The zero-order chi connectivity index (χ0) is 25.4. The molecule has 36 heavy (non-hydrogen) atoms. The van der Waals surface area contributed by atoms with Crippen LogP contribution in [0, 0.1) is 11.6 Å². The van der Waals surface area contributed by atoms with Crippen molar-refractivity contribution >= 4 is 49.5 Å². The monoisotopic (exact) mass is 523 g/mol. The highest BCUT2D eigenvalue weighted by Crippen LogP contribution is 2.34. The third-order valence-corrected chi connectivity index (χ3v) is 6.93. The van der Waals surface area contributed by atoms with Gasteiger partial charge in [-0.25, -0.2) is 17.2 Å². The number of anilines is 2. The summed E-state index contributed by atoms with van der Waals surface area (Å²) in [5.74, 6) is -1.81. The Morgan fingerprint density at radius 3 is 2.44 bits per heavy atom. The number of nitrogens with one attached hydrogen (secondary N) is 3. The number of amides is 1. The molecule has 0 saturated heterocycles. The second-order valence-electron chi connectivity index (χ2n) is 8.21. The number of sulfonamides is 1. The van der Waals surface area contributed by atoms with Crippen LogP contribution < -0.4 is 10.0 Å². The minimum Gasteiger partial charge on any atom is -0.350 e. The molecule has 10 heteroatoms. The lowest BCUT2D eigenvalue weighted by Gasteiger charge is -2.11. The number of halogens is 2. The van der Waals surface area contributed by atoms with Crippen LogP contribution in [0.2, 0.25) is 0 Å². The van der Waals surface area contributed by atoms with Gasteiger partial charge in [-0.3, -0.25) is 9.52 Å². The van der Waals surface area contributed by atoms with Gasteiger partial charge in [-0.2, -0.15) is 0 Å². The Bertz CT molecular complexity index is 1710. The van der Waals surface area contributed by atoms with Gasteiger partial charge in [-0.05, 0) is 71.1 Å². The molecule has 2 aromatic heterocycles. The maximum atomic E-state index is 14.6. The van der Waals surface area contributed by atoms with E-state index in [1.54, 1.807) is 42.5 Å². The highest BCUT2D eigenvalue weighted by molar-refractivity contribution is 7.92. The normalized spacial score (nSPS) is 11.5. The van der Waals surface area contributed by atoms with Gasteiger partial charge in [0.05, 0.1) is 11.9 Å². The quantitative estimate of drug-likeness (QED) is 0.238. The molecule has 0 fully saturated rings. The van der Waals surface area contributed by atoms with E-state index in [0.29, 0.717) is 22.5 Å². The summed E-state index contributed by atoms with van der Waals surface area (Å²) in [6, 6.07) is 18.9. The average Bonchev–Trinajstić information content (AvgIpc) is 3.48. The highest BCUT2D eigenvalue weighted by Gasteiger charge is 2.15. The summed E-state index contributed by atoms with van der Waals surface area (Å²) >= 11 is 1.50. The summed E-state index contributed by atoms with van der Waals surface area (Å²) in [6.45, 7) is 0. The summed E-state index contributed by atoms with van der Waals surface area (Å²) in [5, 5.41) is 5.48. The first-order valence-corrected chi connectivity index (χ1v) is 13.5. The molecular weight excluding hydrogens is 504 g/mol. The van der Waals surface area contributed by atoms with Crippen molar-refractivity contribution in [3.8, 4) is 21.6 Å². The molecule has 0 aliphatic rings. The van der Waals surface area contributed by atoms with Crippen LogP contribution in [0.5, 0.6) is 0 Å². The zero-order valence-corrected chi connectivity index (χ0v) is 20.4. The number of carbonyl (C=O) groups is 1. The summed E-state index contributed by atoms with van der Waals surface area (Å²) in [6.07, 6.45) is 1.06. The molecule has 182 valence electrons. The lowest BCUT2D eigenvalue weighted by Crippen LogP contribution is -2.12. The summed E-state index contributed by atoms with van der Waals surface area (Å²) < 4.78 is 53.4.